The van der Waals surface area contributed by atoms with Crippen molar-refractivity contribution < 1.29 is 19.1 Å². The van der Waals surface area contributed by atoms with Crippen LogP contribution >= 0.6 is 0 Å². The molecule has 4 nitrogen and oxygen atoms in total. The number of carbonyl (C=O) groups excluding carboxylic acids is 2. The van der Waals surface area contributed by atoms with Crippen molar-refractivity contribution in [3.8, 4) is 0 Å². The Balaban J connectivity index is 1.49. The van der Waals surface area contributed by atoms with E-state index < -0.39 is 11.9 Å². The zero-order chi connectivity index (χ0) is 26.4. The van der Waals surface area contributed by atoms with E-state index in [0.717, 1.165) is 18.4 Å². The number of carbonyl (C=O) groups is 2. The predicted octanol–water partition coefficient (Wildman–Crippen LogP) is 9.46. The number of hydrogen-bond donors (Lipinski definition) is 0. The third kappa shape index (κ3) is 14.0. The summed E-state index contributed by atoms with van der Waals surface area (Å²) in [6, 6.07) is 16.2. The van der Waals surface area contributed by atoms with Crippen molar-refractivity contribution in [2.75, 3.05) is 6.61 Å². The first-order valence-electron chi connectivity index (χ1n) is 14.7. The Kier molecular flexibility index (Phi) is 16.9. The van der Waals surface area contributed by atoms with E-state index >= 15 is 0 Å². The molecule has 2 aromatic rings. The molecule has 204 valence electrons. The molecule has 0 saturated carbocycles. The van der Waals surface area contributed by atoms with Gasteiger partial charge in [0, 0.05) is 0 Å². The SMILES string of the molecule is CCCCCCCCCCCCCCCCCCOC(=O)c1ccccc1C(=O)OCc1ccccc1. The maximum absolute atomic E-state index is 12.6. The normalized spacial score (nSPS) is 10.8. The molecule has 0 heterocycles. The first kappa shape index (κ1) is 30.6. The van der Waals surface area contributed by atoms with Crippen molar-refractivity contribution in [3.63, 3.8) is 0 Å². The van der Waals surface area contributed by atoms with Gasteiger partial charge in [0.1, 0.15) is 6.61 Å². The second-order valence-electron chi connectivity index (χ2n) is 10.0. The molecule has 0 atom stereocenters. The molecule has 0 spiro atoms. The number of unbranched alkanes of at least 4 members (excludes halogenated alkanes) is 15. The lowest BCUT2D eigenvalue weighted by Crippen LogP contribution is -2.14. The summed E-state index contributed by atoms with van der Waals surface area (Å²) in [7, 11) is 0. The first-order chi connectivity index (χ1) is 18.2. The summed E-state index contributed by atoms with van der Waals surface area (Å²) in [5.74, 6) is -0.980. The van der Waals surface area contributed by atoms with Gasteiger partial charge in [-0.05, 0) is 24.1 Å². The lowest BCUT2D eigenvalue weighted by atomic mass is 10.0. The van der Waals surface area contributed by atoms with Crippen molar-refractivity contribution in [2.45, 2.75) is 116 Å². The molecule has 37 heavy (non-hydrogen) atoms. The molecule has 0 aromatic heterocycles. The number of esters is 2. The summed E-state index contributed by atoms with van der Waals surface area (Å²) in [5.41, 5.74) is 1.41. The highest BCUT2D eigenvalue weighted by molar-refractivity contribution is 6.03. The van der Waals surface area contributed by atoms with E-state index in [9.17, 15) is 9.59 Å². The second-order valence-corrected chi connectivity index (χ2v) is 10.0. The molecule has 0 N–H and O–H groups in total. The minimum absolute atomic E-state index is 0.169. The Morgan fingerprint density at radius 1 is 0.514 bits per heavy atom. The molecule has 0 amide bonds. The van der Waals surface area contributed by atoms with Gasteiger partial charge >= 0.3 is 11.9 Å². The molecule has 0 fully saturated rings. The fourth-order valence-corrected chi connectivity index (χ4v) is 4.53. The highest BCUT2D eigenvalue weighted by Crippen LogP contribution is 2.16. The maximum atomic E-state index is 12.6. The Morgan fingerprint density at radius 3 is 1.41 bits per heavy atom. The fourth-order valence-electron chi connectivity index (χ4n) is 4.53. The van der Waals surface area contributed by atoms with E-state index in [1.807, 2.05) is 30.3 Å². The fraction of sp³-hybridized carbons (Fsp3) is 0.576. The molecule has 0 aliphatic heterocycles. The first-order valence-corrected chi connectivity index (χ1v) is 14.7. The van der Waals surface area contributed by atoms with Crippen LogP contribution in [0.5, 0.6) is 0 Å². The Labute approximate surface area is 225 Å². The molecular formula is C33H48O4. The van der Waals surface area contributed by atoms with Crippen LogP contribution in [0.15, 0.2) is 54.6 Å². The van der Waals surface area contributed by atoms with Gasteiger partial charge in [0.05, 0.1) is 17.7 Å². The van der Waals surface area contributed by atoms with Gasteiger partial charge in [-0.2, -0.15) is 0 Å². The molecule has 0 bridgehead atoms. The third-order valence-corrected chi connectivity index (χ3v) is 6.81. The van der Waals surface area contributed by atoms with Crippen molar-refractivity contribution in [1.82, 2.24) is 0 Å². The Hall–Kier alpha value is -2.62. The van der Waals surface area contributed by atoms with Gasteiger partial charge in [-0.25, -0.2) is 9.59 Å². The summed E-state index contributed by atoms with van der Waals surface area (Å²) < 4.78 is 10.9. The molecule has 0 radical (unpaired) electrons. The van der Waals surface area contributed by atoms with Crippen LogP contribution in [0, 0.1) is 0 Å². The lowest BCUT2D eigenvalue weighted by molar-refractivity contribution is 0.0436. The minimum atomic E-state index is -0.515. The lowest BCUT2D eigenvalue weighted by Gasteiger charge is -2.10. The van der Waals surface area contributed by atoms with Crippen molar-refractivity contribution in [1.29, 1.82) is 0 Å². The quantitative estimate of drug-likeness (QED) is 0.124. The molecule has 2 rings (SSSR count). The molecular weight excluding hydrogens is 460 g/mol. The van der Waals surface area contributed by atoms with Crippen LogP contribution < -0.4 is 0 Å². The van der Waals surface area contributed by atoms with Crippen LogP contribution in [0.1, 0.15) is 136 Å². The summed E-state index contributed by atoms with van der Waals surface area (Å²) >= 11 is 0. The minimum Gasteiger partial charge on any atom is -0.462 e. The van der Waals surface area contributed by atoms with Crippen LogP contribution in [-0.2, 0) is 16.1 Å². The maximum Gasteiger partial charge on any atom is 0.339 e. The second kappa shape index (κ2) is 20.4. The van der Waals surface area contributed by atoms with Crippen molar-refractivity contribution >= 4 is 11.9 Å². The summed E-state index contributed by atoms with van der Waals surface area (Å²) in [6.07, 6.45) is 20.9. The largest absolute Gasteiger partial charge is 0.462 e. The van der Waals surface area contributed by atoms with E-state index in [1.54, 1.807) is 24.3 Å². The van der Waals surface area contributed by atoms with E-state index in [-0.39, 0.29) is 17.7 Å². The molecule has 0 aliphatic rings. The number of hydrogen-bond acceptors (Lipinski definition) is 4. The van der Waals surface area contributed by atoms with Gasteiger partial charge < -0.3 is 9.47 Å². The van der Waals surface area contributed by atoms with E-state index in [0.29, 0.717) is 6.61 Å². The number of rotatable bonds is 21. The van der Waals surface area contributed by atoms with Crippen LogP contribution in [0.25, 0.3) is 0 Å². The molecule has 0 unspecified atom stereocenters. The summed E-state index contributed by atoms with van der Waals surface area (Å²) in [6.45, 7) is 2.82. The average Bonchev–Trinajstić information content (AvgIpc) is 2.93. The summed E-state index contributed by atoms with van der Waals surface area (Å²) in [5, 5.41) is 0. The van der Waals surface area contributed by atoms with Crippen molar-refractivity contribution in [2.24, 2.45) is 0 Å². The zero-order valence-corrected chi connectivity index (χ0v) is 23.1. The molecule has 0 aliphatic carbocycles. The van der Waals surface area contributed by atoms with Gasteiger partial charge in [0.15, 0.2) is 0 Å². The smallest absolute Gasteiger partial charge is 0.339 e. The predicted molar refractivity (Wildman–Crippen MR) is 152 cm³/mol. The van der Waals surface area contributed by atoms with E-state index in [4.69, 9.17) is 9.47 Å². The van der Waals surface area contributed by atoms with Gasteiger partial charge in [-0.3, -0.25) is 0 Å². The molecule has 2 aromatic carbocycles. The van der Waals surface area contributed by atoms with E-state index in [2.05, 4.69) is 6.92 Å². The Morgan fingerprint density at radius 2 is 0.919 bits per heavy atom. The van der Waals surface area contributed by atoms with Crippen LogP contribution in [0.3, 0.4) is 0 Å². The standard InChI is InChI=1S/C33H48O4/c1-2-3-4-5-6-7-8-9-10-11-12-13-14-15-16-22-27-36-32(34)30-25-20-21-26-31(30)33(35)37-28-29-23-18-17-19-24-29/h17-21,23-26H,2-16,22,27-28H2,1H3. The number of ether oxygens (including phenoxy) is 2. The average molecular weight is 509 g/mol. The highest BCUT2D eigenvalue weighted by atomic mass is 16.5. The van der Waals surface area contributed by atoms with Gasteiger partial charge in [-0.15, -0.1) is 0 Å². The van der Waals surface area contributed by atoms with Gasteiger partial charge in [-0.1, -0.05) is 146 Å². The Bertz CT molecular complexity index is 862. The van der Waals surface area contributed by atoms with Crippen molar-refractivity contribution in [3.05, 3.63) is 71.3 Å². The topological polar surface area (TPSA) is 52.6 Å². The molecule has 0 saturated heterocycles. The zero-order valence-electron chi connectivity index (χ0n) is 23.1. The third-order valence-electron chi connectivity index (χ3n) is 6.81. The van der Waals surface area contributed by atoms with Crippen LogP contribution in [0.4, 0.5) is 0 Å². The van der Waals surface area contributed by atoms with Gasteiger partial charge in [0.2, 0.25) is 0 Å². The number of benzene rings is 2. The van der Waals surface area contributed by atoms with Gasteiger partial charge in [0.25, 0.3) is 0 Å². The molecule has 4 heteroatoms. The highest BCUT2D eigenvalue weighted by Gasteiger charge is 2.19. The van der Waals surface area contributed by atoms with Crippen LogP contribution in [0.2, 0.25) is 0 Å². The summed E-state index contributed by atoms with van der Waals surface area (Å²) in [4.78, 5) is 25.1. The van der Waals surface area contributed by atoms with Crippen LogP contribution in [-0.4, -0.2) is 18.5 Å². The van der Waals surface area contributed by atoms with E-state index in [1.165, 1.54) is 89.9 Å². The monoisotopic (exact) mass is 508 g/mol.